The number of anilines is 1. The molecule has 2 nitrogen and oxygen atoms in total. The summed E-state index contributed by atoms with van der Waals surface area (Å²) in [5.74, 6) is -2.87. The van der Waals surface area contributed by atoms with Crippen LogP contribution >= 0.6 is 0 Å². The van der Waals surface area contributed by atoms with Gasteiger partial charge in [0.15, 0.2) is 11.6 Å². The molecule has 0 heterocycles. The standard InChI is InChI=1S/C22H19F2NO/c1-13-11-15(3)19(12-14(13)2)16-7-9-17(10-8-16)25-22(26)18-5-4-6-20(23)21(18)24/h4-12H,1-3H3,(H,25,26). The van der Waals surface area contributed by atoms with Gasteiger partial charge in [-0.2, -0.15) is 0 Å². The maximum atomic E-state index is 13.7. The largest absolute Gasteiger partial charge is 0.322 e. The number of hydrogen-bond donors (Lipinski definition) is 1. The van der Waals surface area contributed by atoms with Gasteiger partial charge in [0.25, 0.3) is 5.91 Å². The van der Waals surface area contributed by atoms with E-state index in [0.717, 1.165) is 17.2 Å². The third-order valence-corrected chi connectivity index (χ3v) is 4.49. The van der Waals surface area contributed by atoms with Crippen molar-refractivity contribution in [1.82, 2.24) is 0 Å². The number of nitrogens with one attached hydrogen (secondary N) is 1. The van der Waals surface area contributed by atoms with Crippen LogP contribution in [0.25, 0.3) is 11.1 Å². The van der Waals surface area contributed by atoms with Crippen LogP contribution in [-0.2, 0) is 0 Å². The Kier molecular flexibility index (Phi) is 4.85. The number of aryl methyl sites for hydroxylation is 3. The maximum Gasteiger partial charge on any atom is 0.258 e. The van der Waals surface area contributed by atoms with Crippen LogP contribution in [0.4, 0.5) is 14.5 Å². The van der Waals surface area contributed by atoms with Gasteiger partial charge in [-0.05, 0) is 72.9 Å². The average molecular weight is 351 g/mol. The van der Waals surface area contributed by atoms with Gasteiger partial charge in [0.1, 0.15) is 0 Å². The van der Waals surface area contributed by atoms with Crippen LogP contribution in [0.15, 0.2) is 54.6 Å². The van der Waals surface area contributed by atoms with Crippen molar-refractivity contribution in [3.63, 3.8) is 0 Å². The first-order valence-electron chi connectivity index (χ1n) is 8.30. The lowest BCUT2D eigenvalue weighted by molar-refractivity contribution is 0.102. The molecule has 4 heteroatoms. The number of hydrogen-bond acceptors (Lipinski definition) is 1. The van der Waals surface area contributed by atoms with Crippen molar-refractivity contribution >= 4 is 11.6 Å². The van der Waals surface area contributed by atoms with Crippen LogP contribution in [0.1, 0.15) is 27.0 Å². The summed E-state index contributed by atoms with van der Waals surface area (Å²) in [5, 5.41) is 2.59. The van der Waals surface area contributed by atoms with E-state index in [2.05, 4.69) is 38.2 Å². The molecule has 0 aliphatic carbocycles. The van der Waals surface area contributed by atoms with Gasteiger partial charge in [-0.25, -0.2) is 8.78 Å². The molecule has 0 saturated carbocycles. The number of benzene rings is 3. The highest BCUT2D eigenvalue weighted by molar-refractivity contribution is 6.04. The summed E-state index contributed by atoms with van der Waals surface area (Å²) < 4.78 is 27.0. The van der Waals surface area contributed by atoms with Crippen LogP contribution in [0.3, 0.4) is 0 Å². The van der Waals surface area contributed by atoms with E-state index in [4.69, 9.17) is 0 Å². The highest BCUT2D eigenvalue weighted by Gasteiger charge is 2.15. The molecule has 1 amide bonds. The van der Waals surface area contributed by atoms with Crippen molar-refractivity contribution in [2.75, 3.05) is 5.32 Å². The summed E-state index contributed by atoms with van der Waals surface area (Å²) in [4.78, 5) is 12.2. The molecule has 0 unspecified atom stereocenters. The third kappa shape index (κ3) is 3.49. The normalized spacial score (nSPS) is 10.7. The Morgan fingerprint density at radius 2 is 1.50 bits per heavy atom. The molecule has 0 bridgehead atoms. The van der Waals surface area contributed by atoms with Gasteiger partial charge in [-0.3, -0.25) is 4.79 Å². The fraction of sp³-hybridized carbons (Fsp3) is 0.136. The minimum Gasteiger partial charge on any atom is -0.322 e. The fourth-order valence-electron chi connectivity index (χ4n) is 2.88. The van der Waals surface area contributed by atoms with Crippen molar-refractivity contribution in [2.45, 2.75) is 20.8 Å². The fourth-order valence-corrected chi connectivity index (χ4v) is 2.88. The predicted molar refractivity (Wildman–Crippen MR) is 100 cm³/mol. The first-order valence-corrected chi connectivity index (χ1v) is 8.30. The highest BCUT2D eigenvalue weighted by atomic mass is 19.2. The Labute approximate surface area is 151 Å². The monoisotopic (exact) mass is 351 g/mol. The zero-order chi connectivity index (χ0) is 18.8. The number of amides is 1. The second-order valence-corrected chi connectivity index (χ2v) is 6.38. The highest BCUT2D eigenvalue weighted by Crippen LogP contribution is 2.27. The Bertz CT molecular complexity index is 978. The Morgan fingerprint density at radius 3 is 2.19 bits per heavy atom. The molecule has 1 N–H and O–H groups in total. The zero-order valence-electron chi connectivity index (χ0n) is 14.9. The molecule has 0 radical (unpaired) electrons. The van der Waals surface area contributed by atoms with Gasteiger partial charge >= 0.3 is 0 Å². The van der Waals surface area contributed by atoms with Crippen molar-refractivity contribution in [2.24, 2.45) is 0 Å². The second kappa shape index (κ2) is 7.08. The summed E-state index contributed by atoms with van der Waals surface area (Å²) in [6, 6.07) is 15.1. The van der Waals surface area contributed by atoms with E-state index in [1.54, 1.807) is 12.1 Å². The Hall–Kier alpha value is -3.01. The summed E-state index contributed by atoms with van der Waals surface area (Å²) in [6.45, 7) is 6.21. The van der Waals surface area contributed by atoms with Gasteiger partial charge in [-0.15, -0.1) is 0 Å². The zero-order valence-corrected chi connectivity index (χ0v) is 14.9. The first-order chi connectivity index (χ1) is 12.4. The lowest BCUT2D eigenvalue weighted by Gasteiger charge is -2.11. The van der Waals surface area contributed by atoms with Crippen LogP contribution in [0.5, 0.6) is 0 Å². The van der Waals surface area contributed by atoms with Crippen molar-refractivity contribution < 1.29 is 13.6 Å². The van der Waals surface area contributed by atoms with Crippen molar-refractivity contribution in [1.29, 1.82) is 0 Å². The topological polar surface area (TPSA) is 29.1 Å². The molecule has 3 rings (SSSR count). The summed E-state index contributed by atoms with van der Waals surface area (Å²) >= 11 is 0. The van der Waals surface area contributed by atoms with E-state index in [-0.39, 0.29) is 5.56 Å². The molecule has 3 aromatic carbocycles. The first kappa shape index (κ1) is 17.8. The molecule has 0 aromatic heterocycles. The Morgan fingerprint density at radius 1 is 0.846 bits per heavy atom. The van der Waals surface area contributed by atoms with Crippen molar-refractivity contribution in [3.8, 4) is 11.1 Å². The summed E-state index contributed by atoms with van der Waals surface area (Å²) in [7, 11) is 0. The molecule has 0 atom stereocenters. The van der Waals surface area contributed by atoms with E-state index >= 15 is 0 Å². The van der Waals surface area contributed by atoms with E-state index in [9.17, 15) is 13.6 Å². The molecule has 0 aliphatic heterocycles. The van der Waals surface area contributed by atoms with Gasteiger partial charge in [0.2, 0.25) is 0 Å². The number of rotatable bonds is 3. The van der Waals surface area contributed by atoms with Crippen LogP contribution in [-0.4, -0.2) is 5.91 Å². The number of halogens is 2. The third-order valence-electron chi connectivity index (χ3n) is 4.49. The van der Waals surface area contributed by atoms with E-state index < -0.39 is 17.5 Å². The second-order valence-electron chi connectivity index (χ2n) is 6.38. The summed E-state index contributed by atoms with van der Waals surface area (Å²) in [6.07, 6.45) is 0. The Balaban J connectivity index is 1.83. The summed E-state index contributed by atoms with van der Waals surface area (Å²) in [5.41, 5.74) is 5.98. The number of carbonyl (C=O) groups excluding carboxylic acids is 1. The lowest BCUT2D eigenvalue weighted by Crippen LogP contribution is -2.14. The van der Waals surface area contributed by atoms with Gasteiger partial charge in [0.05, 0.1) is 5.56 Å². The molecule has 0 saturated heterocycles. The lowest BCUT2D eigenvalue weighted by atomic mass is 9.95. The van der Waals surface area contributed by atoms with Crippen LogP contribution in [0, 0.1) is 32.4 Å². The van der Waals surface area contributed by atoms with Crippen LogP contribution in [0.2, 0.25) is 0 Å². The average Bonchev–Trinajstić information content (AvgIpc) is 2.61. The molecule has 0 spiro atoms. The maximum absolute atomic E-state index is 13.7. The van der Waals surface area contributed by atoms with Gasteiger partial charge in [0, 0.05) is 5.69 Å². The molecular formula is C22H19F2NO. The van der Waals surface area contributed by atoms with Crippen molar-refractivity contribution in [3.05, 3.63) is 88.5 Å². The predicted octanol–water partition coefficient (Wildman–Crippen LogP) is 5.81. The molecule has 0 aliphatic rings. The molecule has 26 heavy (non-hydrogen) atoms. The molecule has 3 aromatic rings. The van der Waals surface area contributed by atoms with Gasteiger partial charge < -0.3 is 5.32 Å². The molecular weight excluding hydrogens is 332 g/mol. The number of carbonyl (C=O) groups is 1. The molecule has 132 valence electrons. The van der Waals surface area contributed by atoms with E-state index in [1.807, 2.05) is 12.1 Å². The van der Waals surface area contributed by atoms with E-state index in [0.29, 0.717) is 5.69 Å². The quantitative estimate of drug-likeness (QED) is 0.634. The SMILES string of the molecule is Cc1cc(C)c(-c2ccc(NC(=O)c3cccc(F)c3F)cc2)cc1C. The van der Waals surface area contributed by atoms with E-state index in [1.165, 1.54) is 28.8 Å². The van der Waals surface area contributed by atoms with Crippen LogP contribution < -0.4 is 5.32 Å². The minimum absolute atomic E-state index is 0.320. The minimum atomic E-state index is -1.15. The molecule has 0 fully saturated rings. The smallest absolute Gasteiger partial charge is 0.258 e. The van der Waals surface area contributed by atoms with Gasteiger partial charge in [-0.1, -0.05) is 30.3 Å².